The average Bonchev–Trinajstić information content (AvgIpc) is 3.62. The molecule has 5 heterocycles. The second-order valence-electron chi connectivity index (χ2n) is 12.8. The maximum absolute atomic E-state index is 14.8. The lowest BCUT2D eigenvalue weighted by Crippen LogP contribution is -2.36. The number of ether oxygens (including phenoxy) is 2. The van der Waals surface area contributed by atoms with Crippen LogP contribution in [0, 0.1) is 18.6 Å². The lowest BCUT2D eigenvalue weighted by Gasteiger charge is -2.29. The minimum atomic E-state index is -0.649. The summed E-state index contributed by atoms with van der Waals surface area (Å²) < 4.78 is 44.3. The molecule has 0 saturated carbocycles. The van der Waals surface area contributed by atoms with Crippen molar-refractivity contribution in [2.24, 2.45) is 0 Å². The van der Waals surface area contributed by atoms with Crippen LogP contribution in [0.25, 0.3) is 27.9 Å². The minimum Gasteiger partial charge on any atom is -0.497 e. The molecule has 0 saturated heterocycles. The van der Waals surface area contributed by atoms with Crippen LogP contribution in [0.15, 0.2) is 83.8 Å². The molecule has 8 rings (SSSR count). The van der Waals surface area contributed by atoms with Gasteiger partial charge in [0.15, 0.2) is 5.65 Å². The van der Waals surface area contributed by atoms with Crippen LogP contribution in [0.5, 0.6) is 11.5 Å². The molecule has 0 radical (unpaired) electrons. The fourth-order valence-electron chi connectivity index (χ4n) is 7.17. The number of aromatic nitrogens is 6. The van der Waals surface area contributed by atoms with Gasteiger partial charge in [-0.25, -0.2) is 23.5 Å². The number of carbonyl (C=O) groups excluding carboxylic acids is 1. The number of aryl methyl sites for hydroxylation is 1. The fraction of sp³-hybridized carbons (Fsp3) is 0.205. The van der Waals surface area contributed by atoms with Crippen LogP contribution in [-0.4, -0.2) is 60.2 Å². The Kier molecular flexibility index (Phi) is 8.65. The van der Waals surface area contributed by atoms with E-state index in [2.05, 4.69) is 15.0 Å². The highest BCUT2D eigenvalue weighted by Gasteiger charge is 2.29. The summed E-state index contributed by atoms with van der Waals surface area (Å²) in [5, 5.41) is 0.947. The number of fused-ring (bicyclic) bond motifs is 4. The second-order valence-corrected chi connectivity index (χ2v) is 13.1. The van der Waals surface area contributed by atoms with E-state index in [9.17, 15) is 18.4 Å². The smallest absolute Gasteiger partial charge is 0.335 e. The Morgan fingerprint density at radius 1 is 0.906 bits per heavy atom. The molecule has 0 N–H and O–H groups in total. The molecule has 0 aliphatic carbocycles. The largest absolute Gasteiger partial charge is 0.497 e. The summed E-state index contributed by atoms with van der Waals surface area (Å²) in [4.78, 5) is 43.2. The van der Waals surface area contributed by atoms with E-state index in [1.807, 2.05) is 22.8 Å². The van der Waals surface area contributed by atoms with Gasteiger partial charge in [0.05, 0.1) is 45.2 Å². The lowest BCUT2D eigenvalue weighted by atomic mass is 10.0. The Morgan fingerprint density at radius 2 is 1.68 bits per heavy atom. The quantitative estimate of drug-likeness (QED) is 0.164. The van der Waals surface area contributed by atoms with Crippen LogP contribution in [0.4, 0.5) is 8.78 Å². The first-order valence-electron chi connectivity index (χ1n) is 16.8. The number of methoxy groups -OCH3 is 2. The van der Waals surface area contributed by atoms with Crippen molar-refractivity contribution < 1.29 is 23.0 Å². The lowest BCUT2D eigenvalue weighted by molar-refractivity contribution is 0.0730. The summed E-state index contributed by atoms with van der Waals surface area (Å²) in [6.07, 6.45) is 2.26. The molecule has 11 nitrogen and oxygen atoms in total. The van der Waals surface area contributed by atoms with E-state index in [1.165, 1.54) is 21.3 Å². The number of nitrogens with zero attached hydrogens (tertiary/aromatic N) is 7. The molecule has 7 aromatic rings. The minimum absolute atomic E-state index is 0.00542. The number of hydrogen-bond donors (Lipinski definition) is 0. The monoisotopic (exact) mass is 735 g/mol. The van der Waals surface area contributed by atoms with E-state index in [1.54, 1.807) is 68.6 Å². The summed E-state index contributed by atoms with van der Waals surface area (Å²) in [6, 6.07) is 19.5. The molecule has 1 aliphatic rings. The first-order valence-corrected chi connectivity index (χ1v) is 17.2. The van der Waals surface area contributed by atoms with Gasteiger partial charge in [-0.2, -0.15) is 4.98 Å². The molecule has 0 fully saturated rings. The van der Waals surface area contributed by atoms with Crippen LogP contribution in [-0.2, 0) is 26.1 Å². The highest BCUT2D eigenvalue weighted by atomic mass is 35.5. The summed E-state index contributed by atoms with van der Waals surface area (Å²) in [5.41, 5.74) is 5.52. The number of halogens is 3. The molecular weight excluding hydrogens is 704 g/mol. The molecule has 268 valence electrons. The molecule has 4 aromatic heterocycles. The second kappa shape index (κ2) is 13.5. The molecular formula is C39H32ClF2N7O4. The van der Waals surface area contributed by atoms with Crippen molar-refractivity contribution in [2.75, 3.05) is 20.8 Å². The van der Waals surface area contributed by atoms with Crippen molar-refractivity contribution in [3.63, 3.8) is 0 Å². The van der Waals surface area contributed by atoms with E-state index >= 15 is 0 Å². The number of amides is 1. The van der Waals surface area contributed by atoms with Gasteiger partial charge in [-0.15, -0.1) is 0 Å². The molecule has 0 unspecified atom stereocenters. The van der Waals surface area contributed by atoms with Gasteiger partial charge in [0, 0.05) is 52.6 Å². The number of benzene rings is 3. The molecule has 1 amide bonds. The molecule has 53 heavy (non-hydrogen) atoms. The van der Waals surface area contributed by atoms with Gasteiger partial charge in [0.1, 0.15) is 34.3 Å². The summed E-state index contributed by atoms with van der Waals surface area (Å²) in [7, 11) is 3.11. The molecule has 0 bridgehead atoms. The van der Waals surface area contributed by atoms with Crippen molar-refractivity contribution in [1.82, 2.24) is 33.6 Å². The van der Waals surface area contributed by atoms with Crippen molar-refractivity contribution in [2.45, 2.75) is 33.0 Å². The normalized spacial score (nSPS) is 12.8. The van der Waals surface area contributed by atoms with Crippen LogP contribution in [0.1, 0.15) is 38.4 Å². The predicted octanol–water partition coefficient (Wildman–Crippen LogP) is 6.48. The van der Waals surface area contributed by atoms with Crippen molar-refractivity contribution in [3.05, 3.63) is 140 Å². The summed E-state index contributed by atoms with van der Waals surface area (Å²) in [6.45, 7) is 2.76. The van der Waals surface area contributed by atoms with Crippen LogP contribution >= 0.6 is 11.6 Å². The fourth-order valence-corrected chi connectivity index (χ4v) is 7.38. The van der Waals surface area contributed by atoms with Crippen molar-refractivity contribution in [1.29, 1.82) is 0 Å². The van der Waals surface area contributed by atoms with Crippen molar-refractivity contribution >= 4 is 39.7 Å². The van der Waals surface area contributed by atoms with Gasteiger partial charge >= 0.3 is 5.69 Å². The topological polar surface area (TPSA) is 109 Å². The Morgan fingerprint density at radius 3 is 2.43 bits per heavy atom. The third-order valence-electron chi connectivity index (χ3n) is 9.75. The van der Waals surface area contributed by atoms with Crippen molar-refractivity contribution in [3.8, 4) is 17.2 Å². The third kappa shape index (κ3) is 5.96. The maximum Gasteiger partial charge on any atom is 0.335 e. The Bertz CT molecular complexity index is 2630. The Balaban J connectivity index is 1.12. The first kappa shape index (κ1) is 34.0. The van der Waals surface area contributed by atoms with E-state index in [-0.39, 0.29) is 36.5 Å². The van der Waals surface area contributed by atoms with Crippen LogP contribution in [0.2, 0.25) is 5.28 Å². The van der Waals surface area contributed by atoms with Gasteiger partial charge in [-0.1, -0.05) is 6.07 Å². The zero-order valence-electron chi connectivity index (χ0n) is 28.9. The molecule has 0 spiro atoms. The van der Waals surface area contributed by atoms with E-state index in [4.69, 9.17) is 21.1 Å². The van der Waals surface area contributed by atoms with Crippen LogP contribution in [0.3, 0.4) is 0 Å². The van der Waals surface area contributed by atoms with Gasteiger partial charge in [0.25, 0.3) is 5.91 Å². The maximum atomic E-state index is 14.8. The summed E-state index contributed by atoms with van der Waals surface area (Å²) in [5.74, 6) is -0.341. The zero-order valence-corrected chi connectivity index (χ0v) is 29.7. The number of hydrogen-bond acceptors (Lipinski definition) is 7. The highest BCUT2D eigenvalue weighted by molar-refractivity contribution is 6.28. The first-order chi connectivity index (χ1) is 25.6. The number of imidazole rings is 1. The standard InChI is InChI=1S/C39H32ClF2N7O4/c1-22-34-36(45-38(40)44-22)48(20-25-9-13-28(52-2)18-33(25)53-3)39(51)49(34)27-11-7-23(8-12-27)37(50)46-16-14-29-30-5-4-15-43-35(30)47(32(29)21-46)19-24-6-10-26(41)17-31(24)42/h4-13,15,17-18H,14,16,19-21H2,1-3H3. The number of pyridine rings is 1. The molecule has 0 atom stereocenters. The molecule has 1 aliphatic heterocycles. The van der Waals surface area contributed by atoms with Gasteiger partial charge in [-0.3, -0.25) is 13.9 Å². The van der Waals surface area contributed by atoms with Gasteiger partial charge in [0.2, 0.25) is 5.28 Å². The summed E-state index contributed by atoms with van der Waals surface area (Å²) >= 11 is 6.29. The molecule has 14 heteroatoms. The number of carbonyl (C=O) groups is 1. The predicted molar refractivity (Wildman–Crippen MR) is 195 cm³/mol. The van der Waals surface area contributed by atoms with E-state index in [0.717, 1.165) is 28.3 Å². The van der Waals surface area contributed by atoms with Gasteiger partial charge < -0.3 is 18.9 Å². The van der Waals surface area contributed by atoms with Crippen LogP contribution < -0.4 is 15.2 Å². The Hall–Kier alpha value is -6.08. The van der Waals surface area contributed by atoms with E-state index < -0.39 is 11.6 Å². The van der Waals surface area contributed by atoms with E-state index in [0.29, 0.717) is 63.8 Å². The Labute approximate surface area is 306 Å². The molecule has 3 aromatic carbocycles. The average molecular weight is 736 g/mol. The SMILES string of the molecule is COc1ccc(Cn2c(=O)n(-c3ccc(C(=O)N4CCc5c(n(Cc6ccc(F)cc6F)c6ncccc56)C4)cc3)c3c(C)nc(Cl)nc32)c(OC)c1. The number of rotatable bonds is 8. The zero-order chi connectivity index (χ0) is 37.0. The highest BCUT2D eigenvalue weighted by Crippen LogP contribution is 2.32. The van der Waals surface area contributed by atoms with Gasteiger partial charge in [-0.05, 0) is 85.1 Å². The third-order valence-corrected chi connectivity index (χ3v) is 9.92.